The second-order valence-corrected chi connectivity index (χ2v) is 6.15. The zero-order valence-electron chi connectivity index (χ0n) is 10.7. The fraction of sp³-hybridized carbons (Fsp3) is 0.923. The highest BCUT2D eigenvalue weighted by Crippen LogP contribution is 2.34. The molecule has 16 heavy (non-hydrogen) atoms. The quantitative estimate of drug-likeness (QED) is 0.686. The maximum atomic E-state index is 12.0. The van der Waals surface area contributed by atoms with Crippen LogP contribution in [0.1, 0.15) is 52.9 Å². The molecule has 1 saturated carbocycles. The molecule has 1 amide bonds. The van der Waals surface area contributed by atoms with Gasteiger partial charge in [-0.25, -0.2) is 4.79 Å². The fourth-order valence-electron chi connectivity index (χ4n) is 2.58. The highest BCUT2D eigenvalue weighted by Gasteiger charge is 2.38. The maximum absolute atomic E-state index is 12.0. The Morgan fingerprint density at radius 1 is 1.19 bits per heavy atom. The molecule has 1 heterocycles. The highest BCUT2D eigenvalue weighted by molar-refractivity contribution is 5.68. The minimum absolute atomic E-state index is 0.0814. The molecule has 0 aromatic heterocycles. The van der Waals surface area contributed by atoms with Gasteiger partial charge in [0, 0.05) is 12.6 Å². The molecule has 1 unspecified atom stereocenters. The summed E-state index contributed by atoms with van der Waals surface area (Å²) in [5, 5.41) is 0. The lowest BCUT2D eigenvalue weighted by Crippen LogP contribution is -2.45. The lowest BCUT2D eigenvalue weighted by molar-refractivity contribution is 0.0147. The van der Waals surface area contributed by atoms with Crippen molar-refractivity contribution in [3.63, 3.8) is 0 Å². The molecule has 3 heteroatoms. The number of nitrogens with zero attached hydrogens (tertiary/aromatic N) is 1. The number of rotatable bonds is 1. The van der Waals surface area contributed by atoms with Crippen molar-refractivity contribution in [1.29, 1.82) is 0 Å². The lowest BCUT2D eigenvalue weighted by Gasteiger charge is -2.36. The van der Waals surface area contributed by atoms with E-state index in [1.54, 1.807) is 0 Å². The molecule has 0 radical (unpaired) electrons. The summed E-state index contributed by atoms with van der Waals surface area (Å²) in [6.07, 6.45) is 5.67. The van der Waals surface area contributed by atoms with E-state index in [9.17, 15) is 4.79 Å². The third-order valence-corrected chi connectivity index (χ3v) is 3.81. The van der Waals surface area contributed by atoms with Crippen LogP contribution >= 0.6 is 0 Å². The van der Waals surface area contributed by atoms with Gasteiger partial charge in [0.15, 0.2) is 0 Å². The molecule has 1 aliphatic carbocycles. The van der Waals surface area contributed by atoms with Gasteiger partial charge in [-0.1, -0.05) is 20.8 Å². The Kier molecular flexibility index (Phi) is 3.13. The minimum atomic E-state index is -0.0814. The van der Waals surface area contributed by atoms with Crippen LogP contribution in [-0.4, -0.2) is 29.7 Å². The number of carbonyl (C=O) groups excluding carboxylic acids is 1. The van der Waals surface area contributed by atoms with Crippen LogP contribution in [0.3, 0.4) is 0 Å². The molecular formula is C13H23NO2. The Balaban J connectivity index is 1.93. The Bertz CT molecular complexity index is 266. The molecule has 0 bridgehead atoms. The predicted molar refractivity (Wildman–Crippen MR) is 63.3 cm³/mol. The Labute approximate surface area is 98.1 Å². The molecule has 0 aromatic rings. The largest absolute Gasteiger partial charge is 0.446 e. The van der Waals surface area contributed by atoms with Crippen molar-refractivity contribution in [1.82, 2.24) is 4.90 Å². The molecule has 0 spiro atoms. The van der Waals surface area contributed by atoms with Crippen LogP contribution in [0.15, 0.2) is 0 Å². The van der Waals surface area contributed by atoms with Gasteiger partial charge < -0.3 is 9.64 Å². The average Bonchev–Trinajstić information content (AvgIpc) is 2.58. The van der Waals surface area contributed by atoms with E-state index in [0.29, 0.717) is 6.04 Å². The van der Waals surface area contributed by atoms with Gasteiger partial charge in [-0.2, -0.15) is 0 Å². The average molecular weight is 225 g/mol. The topological polar surface area (TPSA) is 29.5 Å². The first kappa shape index (κ1) is 11.7. The first-order chi connectivity index (χ1) is 7.48. The molecule has 2 rings (SSSR count). The van der Waals surface area contributed by atoms with Gasteiger partial charge in [0.05, 0.1) is 0 Å². The van der Waals surface area contributed by atoms with Crippen LogP contribution in [0.4, 0.5) is 4.79 Å². The van der Waals surface area contributed by atoms with Crippen LogP contribution in [0.2, 0.25) is 0 Å². The summed E-state index contributed by atoms with van der Waals surface area (Å²) in [4.78, 5) is 14.0. The molecule has 2 fully saturated rings. The summed E-state index contributed by atoms with van der Waals surface area (Å²) < 4.78 is 5.48. The van der Waals surface area contributed by atoms with Crippen LogP contribution < -0.4 is 0 Å². The van der Waals surface area contributed by atoms with Crippen LogP contribution in [0.5, 0.6) is 0 Å². The van der Waals surface area contributed by atoms with Gasteiger partial charge >= 0.3 is 6.09 Å². The highest BCUT2D eigenvalue weighted by atomic mass is 16.6. The number of hydrogen-bond donors (Lipinski definition) is 0. The molecule has 3 nitrogen and oxygen atoms in total. The second-order valence-electron chi connectivity index (χ2n) is 6.15. The van der Waals surface area contributed by atoms with E-state index in [0.717, 1.165) is 32.2 Å². The summed E-state index contributed by atoms with van der Waals surface area (Å²) in [6, 6.07) is 0.347. The van der Waals surface area contributed by atoms with Crippen molar-refractivity contribution in [2.24, 2.45) is 5.41 Å². The zero-order chi connectivity index (χ0) is 11.8. The molecule has 1 aliphatic heterocycles. The number of amides is 1. The van der Waals surface area contributed by atoms with E-state index in [-0.39, 0.29) is 17.6 Å². The number of ether oxygens (including phenoxy) is 1. The van der Waals surface area contributed by atoms with Crippen molar-refractivity contribution < 1.29 is 9.53 Å². The maximum Gasteiger partial charge on any atom is 0.410 e. The van der Waals surface area contributed by atoms with E-state index < -0.39 is 0 Å². The summed E-state index contributed by atoms with van der Waals surface area (Å²) in [7, 11) is 0. The van der Waals surface area contributed by atoms with E-state index >= 15 is 0 Å². The fourth-order valence-corrected chi connectivity index (χ4v) is 2.58. The monoisotopic (exact) mass is 225 g/mol. The van der Waals surface area contributed by atoms with Gasteiger partial charge in [0.2, 0.25) is 0 Å². The number of likely N-dealkylation sites (tertiary alicyclic amines) is 1. The van der Waals surface area contributed by atoms with Crippen LogP contribution in [-0.2, 0) is 4.74 Å². The van der Waals surface area contributed by atoms with Gasteiger partial charge in [-0.3, -0.25) is 0 Å². The van der Waals surface area contributed by atoms with Crippen molar-refractivity contribution in [2.75, 3.05) is 6.54 Å². The van der Waals surface area contributed by atoms with Crippen molar-refractivity contribution >= 4 is 6.09 Å². The smallest absolute Gasteiger partial charge is 0.410 e. The normalized spacial score (nSPS) is 26.7. The van der Waals surface area contributed by atoms with E-state index in [1.807, 2.05) is 4.90 Å². The van der Waals surface area contributed by atoms with Gasteiger partial charge in [-0.05, 0) is 37.5 Å². The van der Waals surface area contributed by atoms with Gasteiger partial charge in [0.1, 0.15) is 6.10 Å². The molecule has 1 atom stereocenters. The molecule has 1 saturated heterocycles. The molecule has 0 N–H and O–H groups in total. The second kappa shape index (κ2) is 4.27. The summed E-state index contributed by atoms with van der Waals surface area (Å²) in [5.41, 5.74) is 0.162. The Hall–Kier alpha value is -0.730. The molecule has 2 aliphatic rings. The molecule has 92 valence electrons. The van der Waals surface area contributed by atoms with Crippen molar-refractivity contribution in [2.45, 2.75) is 65.0 Å². The van der Waals surface area contributed by atoms with Crippen molar-refractivity contribution in [3.8, 4) is 0 Å². The van der Waals surface area contributed by atoms with E-state index in [2.05, 4.69) is 20.8 Å². The number of carbonyl (C=O) groups is 1. The molecule has 0 aromatic carbocycles. The predicted octanol–water partition coefficient (Wildman–Crippen LogP) is 3.19. The first-order valence-electron chi connectivity index (χ1n) is 6.46. The van der Waals surface area contributed by atoms with E-state index in [4.69, 9.17) is 4.74 Å². The Morgan fingerprint density at radius 2 is 1.88 bits per heavy atom. The molecular weight excluding hydrogens is 202 g/mol. The van der Waals surface area contributed by atoms with Crippen LogP contribution in [0.25, 0.3) is 0 Å². The standard InChI is InChI=1S/C13H23NO2/c1-13(2,3)11-8-5-9-14(11)12(15)16-10-6-4-7-10/h10-11H,4-9H2,1-3H3. The summed E-state index contributed by atoms with van der Waals surface area (Å²) in [6.45, 7) is 7.47. The summed E-state index contributed by atoms with van der Waals surface area (Å²) >= 11 is 0. The zero-order valence-corrected chi connectivity index (χ0v) is 10.7. The first-order valence-corrected chi connectivity index (χ1v) is 6.46. The SMILES string of the molecule is CC(C)(C)C1CCCN1C(=O)OC1CCC1. The summed E-state index contributed by atoms with van der Waals surface area (Å²) in [5.74, 6) is 0. The van der Waals surface area contributed by atoms with Crippen LogP contribution in [0, 0.1) is 5.41 Å². The van der Waals surface area contributed by atoms with Gasteiger partial charge in [0.25, 0.3) is 0 Å². The minimum Gasteiger partial charge on any atom is -0.446 e. The lowest BCUT2D eigenvalue weighted by atomic mass is 9.85. The van der Waals surface area contributed by atoms with Crippen molar-refractivity contribution in [3.05, 3.63) is 0 Å². The van der Waals surface area contributed by atoms with E-state index in [1.165, 1.54) is 6.42 Å². The third kappa shape index (κ3) is 2.33. The van der Waals surface area contributed by atoms with Gasteiger partial charge in [-0.15, -0.1) is 0 Å². The Morgan fingerprint density at radius 3 is 2.38 bits per heavy atom. The number of hydrogen-bond acceptors (Lipinski definition) is 2. The third-order valence-electron chi connectivity index (χ3n) is 3.81.